The van der Waals surface area contributed by atoms with Gasteiger partial charge >= 0.3 is 0 Å². The zero-order valence-electron chi connectivity index (χ0n) is 12.9. The summed E-state index contributed by atoms with van der Waals surface area (Å²) in [5.74, 6) is 0.133. The third-order valence-corrected chi connectivity index (χ3v) is 4.16. The lowest BCUT2D eigenvalue weighted by Crippen LogP contribution is -2.33. The minimum absolute atomic E-state index is 0.133. The third kappa shape index (κ3) is 2.55. The smallest absolute Gasteiger partial charge is 0.203 e. The molecule has 0 aliphatic rings. The molecule has 112 valence electrons. The fraction of sp³-hybridized carbons (Fsp3) is 0.211. The van der Waals surface area contributed by atoms with Crippen molar-refractivity contribution in [3.8, 4) is 11.1 Å². The van der Waals surface area contributed by atoms with Crippen LogP contribution in [0.5, 0.6) is 0 Å². The maximum atomic E-state index is 12.5. The maximum absolute atomic E-state index is 12.5. The lowest BCUT2D eigenvalue weighted by atomic mass is 9.92. The van der Waals surface area contributed by atoms with Crippen LogP contribution < -0.4 is 4.73 Å². The molecule has 22 heavy (non-hydrogen) atoms. The number of aromatic nitrogens is 1. The molecule has 0 bridgehead atoms. The van der Waals surface area contributed by atoms with E-state index in [-0.39, 0.29) is 5.92 Å². The summed E-state index contributed by atoms with van der Waals surface area (Å²) in [5.41, 5.74) is 3.96. The summed E-state index contributed by atoms with van der Waals surface area (Å²) in [4.78, 5) is 0. The van der Waals surface area contributed by atoms with Crippen LogP contribution in [0.15, 0.2) is 48.7 Å². The van der Waals surface area contributed by atoms with Gasteiger partial charge in [-0.2, -0.15) is 4.73 Å². The highest BCUT2D eigenvalue weighted by molar-refractivity contribution is 6.30. The van der Waals surface area contributed by atoms with Crippen LogP contribution in [0.1, 0.15) is 31.0 Å². The van der Waals surface area contributed by atoms with E-state index in [0.717, 1.165) is 37.9 Å². The molecule has 1 heterocycles. The topological polar surface area (TPSA) is 26.9 Å². The van der Waals surface area contributed by atoms with E-state index in [4.69, 9.17) is 11.6 Å². The van der Waals surface area contributed by atoms with E-state index in [1.165, 1.54) is 0 Å². The van der Waals surface area contributed by atoms with Crippen molar-refractivity contribution < 1.29 is 4.73 Å². The molecule has 0 saturated heterocycles. The first-order valence-corrected chi connectivity index (χ1v) is 7.77. The second kappa shape index (κ2) is 5.62. The van der Waals surface area contributed by atoms with Crippen molar-refractivity contribution in [3.63, 3.8) is 0 Å². The molecular weight excluding hydrogens is 294 g/mol. The van der Waals surface area contributed by atoms with Crippen LogP contribution in [0.4, 0.5) is 0 Å². The molecule has 3 aromatic rings. The van der Waals surface area contributed by atoms with Crippen molar-refractivity contribution >= 4 is 22.4 Å². The minimum Gasteiger partial charge on any atom is -0.618 e. The van der Waals surface area contributed by atoms with E-state index in [1.54, 1.807) is 6.20 Å². The Bertz CT molecular complexity index is 838. The van der Waals surface area contributed by atoms with Crippen molar-refractivity contribution in [2.75, 3.05) is 0 Å². The maximum Gasteiger partial charge on any atom is 0.203 e. The van der Waals surface area contributed by atoms with Gasteiger partial charge in [0.15, 0.2) is 6.20 Å². The van der Waals surface area contributed by atoms with Gasteiger partial charge in [-0.1, -0.05) is 55.3 Å². The van der Waals surface area contributed by atoms with Crippen molar-refractivity contribution in [1.29, 1.82) is 0 Å². The fourth-order valence-corrected chi connectivity index (χ4v) is 3.05. The molecule has 0 N–H and O–H groups in total. The van der Waals surface area contributed by atoms with Crippen LogP contribution in [-0.2, 0) is 0 Å². The van der Waals surface area contributed by atoms with Gasteiger partial charge in [-0.15, -0.1) is 0 Å². The Hall–Kier alpha value is -2.06. The molecule has 0 aliphatic heterocycles. The number of aryl methyl sites for hydroxylation is 1. The monoisotopic (exact) mass is 311 g/mol. The average molecular weight is 312 g/mol. The highest BCUT2D eigenvalue weighted by Crippen LogP contribution is 2.34. The van der Waals surface area contributed by atoms with Crippen LogP contribution in [-0.4, -0.2) is 0 Å². The number of halogens is 1. The van der Waals surface area contributed by atoms with Crippen LogP contribution in [0.2, 0.25) is 5.02 Å². The highest BCUT2D eigenvalue weighted by atomic mass is 35.5. The van der Waals surface area contributed by atoms with Gasteiger partial charge in [0.05, 0.1) is 5.56 Å². The highest BCUT2D eigenvalue weighted by Gasteiger charge is 2.21. The number of pyridine rings is 1. The summed E-state index contributed by atoms with van der Waals surface area (Å²) in [6.45, 7) is 6.12. The number of rotatable bonds is 2. The first-order chi connectivity index (χ1) is 10.5. The first-order valence-electron chi connectivity index (χ1n) is 7.39. The Morgan fingerprint density at radius 3 is 2.36 bits per heavy atom. The largest absolute Gasteiger partial charge is 0.618 e. The standard InChI is InChI=1S/C19H18ClNO/c1-12(2)19-18(14-5-7-16(20)8-6-14)17-9-4-13(3)10-15(17)11-21(19)22/h4-12H,1-3H3. The fourth-order valence-electron chi connectivity index (χ4n) is 2.92. The predicted octanol–water partition coefficient (Wildman–Crippen LogP) is 5.23. The number of hydrogen-bond donors (Lipinski definition) is 0. The molecule has 2 nitrogen and oxygen atoms in total. The summed E-state index contributed by atoms with van der Waals surface area (Å²) in [6, 6.07) is 13.9. The van der Waals surface area contributed by atoms with Gasteiger partial charge in [0.1, 0.15) is 0 Å². The number of fused-ring (bicyclic) bond motifs is 1. The molecule has 0 fully saturated rings. The minimum atomic E-state index is 0.133. The Morgan fingerprint density at radius 2 is 1.73 bits per heavy atom. The van der Waals surface area contributed by atoms with Crippen molar-refractivity contribution in [3.05, 3.63) is 70.1 Å². The number of benzene rings is 2. The Balaban J connectivity index is 2.42. The molecule has 0 aliphatic carbocycles. The van der Waals surface area contributed by atoms with E-state index < -0.39 is 0 Å². The molecule has 0 saturated carbocycles. The second-order valence-corrected chi connectivity index (χ2v) is 6.40. The summed E-state index contributed by atoms with van der Waals surface area (Å²) >= 11 is 6.00. The Kier molecular flexibility index (Phi) is 3.79. The quantitative estimate of drug-likeness (QED) is 0.470. The molecule has 2 aromatic carbocycles. The van der Waals surface area contributed by atoms with Crippen molar-refractivity contribution in [2.24, 2.45) is 0 Å². The van der Waals surface area contributed by atoms with Gasteiger partial charge in [0.25, 0.3) is 0 Å². The van der Waals surface area contributed by atoms with E-state index in [2.05, 4.69) is 12.1 Å². The van der Waals surface area contributed by atoms with Gasteiger partial charge in [0, 0.05) is 21.7 Å². The predicted molar refractivity (Wildman–Crippen MR) is 92.2 cm³/mol. The molecule has 0 unspecified atom stereocenters. The van der Waals surface area contributed by atoms with Gasteiger partial charge in [-0.3, -0.25) is 0 Å². The first kappa shape index (κ1) is 14.9. The number of nitrogens with zero attached hydrogens (tertiary/aromatic N) is 1. The molecular formula is C19H18ClNO. The molecule has 0 spiro atoms. The van der Waals surface area contributed by atoms with Crippen molar-refractivity contribution in [2.45, 2.75) is 26.7 Å². The summed E-state index contributed by atoms with van der Waals surface area (Å²) in [7, 11) is 0. The van der Waals surface area contributed by atoms with E-state index in [0.29, 0.717) is 5.02 Å². The Labute approximate surface area is 135 Å². The van der Waals surface area contributed by atoms with Gasteiger partial charge in [-0.25, -0.2) is 0 Å². The summed E-state index contributed by atoms with van der Waals surface area (Å²) in [5, 5.41) is 15.3. The van der Waals surface area contributed by atoms with Gasteiger partial charge in [-0.05, 0) is 30.7 Å². The van der Waals surface area contributed by atoms with Gasteiger partial charge < -0.3 is 5.21 Å². The second-order valence-electron chi connectivity index (χ2n) is 5.97. The van der Waals surface area contributed by atoms with Crippen molar-refractivity contribution in [1.82, 2.24) is 0 Å². The molecule has 3 rings (SSSR count). The molecule has 3 heteroatoms. The molecule has 0 atom stereocenters. The lowest BCUT2D eigenvalue weighted by Gasteiger charge is -2.16. The van der Waals surface area contributed by atoms with Crippen LogP contribution in [0, 0.1) is 12.1 Å². The van der Waals surface area contributed by atoms with Crippen LogP contribution >= 0.6 is 11.6 Å². The third-order valence-electron chi connectivity index (χ3n) is 3.91. The van der Waals surface area contributed by atoms with Crippen LogP contribution in [0.3, 0.4) is 0 Å². The molecule has 1 aromatic heterocycles. The number of hydrogen-bond acceptors (Lipinski definition) is 1. The summed E-state index contributed by atoms with van der Waals surface area (Å²) < 4.78 is 1.01. The zero-order valence-corrected chi connectivity index (χ0v) is 13.7. The van der Waals surface area contributed by atoms with Gasteiger partial charge in [0.2, 0.25) is 5.69 Å². The Morgan fingerprint density at radius 1 is 1.05 bits per heavy atom. The molecule has 0 radical (unpaired) electrons. The van der Waals surface area contributed by atoms with E-state index in [9.17, 15) is 5.21 Å². The normalized spacial score (nSPS) is 11.3. The lowest BCUT2D eigenvalue weighted by molar-refractivity contribution is -0.613. The molecule has 0 amide bonds. The zero-order chi connectivity index (χ0) is 15.9. The summed E-state index contributed by atoms with van der Waals surface area (Å²) in [6.07, 6.45) is 1.68. The SMILES string of the molecule is Cc1ccc2c(-c3ccc(Cl)cc3)c(C(C)C)[n+]([O-])cc2c1. The van der Waals surface area contributed by atoms with Crippen LogP contribution in [0.25, 0.3) is 21.9 Å². The van der Waals surface area contributed by atoms with E-state index >= 15 is 0 Å². The van der Waals surface area contributed by atoms with E-state index in [1.807, 2.05) is 51.1 Å². The average Bonchev–Trinajstić information content (AvgIpc) is 2.46.